The SMILES string of the molecule is COC(=O)CCN(C)C(C)CCN. The van der Waals surface area contributed by atoms with Gasteiger partial charge in [-0.1, -0.05) is 0 Å². The zero-order valence-electron chi connectivity index (χ0n) is 8.75. The Hall–Kier alpha value is -0.610. The molecule has 0 saturated carbocycles. The topological polar surface area (TPSA) is 55.6 Å². The zero-order valence-corrected chi connectivity index (χ0v) is 8.75. The maximum atomic E-state index is 10.8. The van der Waals surface area contributed by atoms with E-state index >= 15 is 0 Å². The molecule has 0 heterocycles. The first-order valence-corrected chi connectivity index (χ1v) is 4.59. The molecule has 0 saturated heterocycles. The van der Waals surface area contributed by atoms with Crippen molar-refractivity contribution in [1.82, 2.24) is 4.90 Å². The molecule has 0 aliphatic rings. The third-order valence-corrected chi connectivity index (χ3v) is 2.23. The van der Waals surface area contributed by atoms with E-state index in [9.17, 15) is 4.79 Å². The van der Waals surface area contributed by atoms with Crippen molar-refractivity contribution in [2.75, 3.05) is 27.2 Å². The van der Waals surface area contributed by atoms with Crippen molar-refractivity contribution in [2.24, 2.45) is 5.73 Å². The monoisotopic (exact) mass is 188 g/mol. The normalized spacial score (nSPS) is 13.0. The Bertz CT molecular complexity index is 151. The number of nitrogens with two attached hydrogens (primary N) is 1. The van der Waals surface area contributed by atoms with Gasteiger partial charge in [0.25, 0.3) is 0 Å². The summed E-state index contributed by atoms with van der Waals surface area (Å²) in [6.07, 6.45) is 1.40. The minimum atomic E-state index is -0.160. The summed E-state index contributed by atoms with van der Waals surface area (Å²) in [5.74, 6) is -0.160. The van der Waals surface area contributed by atoms with Crippen LogP contribution in [0, 0.1) is 0 Å². The third-order valence-electron chi connectivity index (χ3n) is 2.23. The fraction of sp³-hybridized carbons (Fsp3) is 0.889. The van der Waals surface area contributed by atoms with Gasteiger partial charge in [0.2, 0.25) is 0 Å². The van der Waals surface area contributed by atoms with Gasteiger partial charge in [-0.15, -0.1) is 0 Å². The zero-order chi connectivity index (χ0) is 10.3. The van der Waals surface area contributed by atoms with Gasteiger partial charge in [0.15, 0.2) is 0 Å². The fourth-order valence-electron chi connectivity index (χ4n) is 1.05. The van der Waals surface area contributed by atoms with Crippen LogP contribution in [0.4, 0.5) is 0 Å². The second-order valence-corrected chi connectivity index (χ2v) is 3.23. The van der Waals surface area contributed by atoms with Crippen LogP contribution in [0.15, 0.2) is 0 Å². The predicted molar refractivity (Wildman–Crippen MR) is 52.4 cm³/mol. The molecule has 4 nitrogen and oxygen atoms in total. The number of carbonyl (C=O) groups is 1. The first kappa shape index (κ1) is 12.4. The minimum Gasteiger partial charge on any atom is -0.469 e. The molecule has 0 amide bonds. The molecule has 1 unspecified atom stereocenters. The van der Waals surface area contributed by atoms with Crippen LogP contribution in [0.5, 0.6) is 0 Å². The summed E-state index contributed by atoms with van der Waals surface area (Å²) in [4.78, 5) is 12.9. The average Bonchev–Trinajstić information content (AvgIpc) is 2.13. The smallest absolute Gasteiger partial charge is 0.306 e. The van der Waals surface area contributed by atoms with E-state index in [1.807, 2.05) is 7.05 Å². The largest absolute Gasteiger partial charge is 0.469 e. The molecule has 0 aliphatic heterocycles. The summed E-state index contributed by atoms with van der Waals surface area (Å²) in [7, 11) is 3.40. The van der Waals surface area contributed by atoms with Gasteiger partial charge in [0.05, 0.1) is 13.5 Å². The Kier molecular flexibility index (Phi) is 6.54. The molecular weight excluding hydrogens is 168 g/mol. The van der Waals surface area contributed by atoms with E-state index in [4.69, 9.17) is 5.73 Å². The van der Waals surface area contributed by atoms with Crippen molar-refractivity contribution in [2.45, 2.75) is 25.8 Å². The molecule has 0 rings (SSSR count). The Balaban J connectivity index is 3.60. The molecule has 0 bridgehead atoms. The summed E-state index contributed by atoms with van der Waals surface area (Å²) < 4.78 is 4.55. The summed E-state index contributed by atoms with van der Waals surface area (Å²) in [5, 5.41) is 0. The molecule has 0 aromatic rings. The van der Waals surface area contributed by atoms with Crippen molar-refractivity contribution in [3.8, 4) is 0 Å². The van der Waals surface area contributed by atoms with E-state index in [1.165, 1.54) is 7.11 Å². The molecule has 0 radical (unpaired) electrons. The molecule has 0 aromatic heterocycles. The number of rotatable bonds is 6. The van der Waals surface area contributed by atoms with Gasteiger partial charge < -0.3 is 15.4 Å². The van der Waals surface area contributed by atoms with Gasteiger partial charge in [-0.25, -0.2) is 0 Å². The van der Waals surface area contributed by atoms with Crippen LogP contribution < -0.4 is 5.73 Å². The lowest BCUT2D eigenvalue weighted by atomic mass is 10.2. The highest BCUT2D eigenvalue weighted by molar-refractivity contribution is 5.69. The van der Waals surface area contributed by atoms with Crippen molar-refractivity contribution in [3.05, 3.63) is 0 Å². The number of esters is 1. The highest BCUT2D eigenvalue weighted by Gasteiger charge is 2.09. The van der Waals surface area contributed by atoms with Gasteiger partial charge in [-0.05, 0) is 26.9 Å². The highest BCUT2D eigenvalue weighted by atomic mass is 16.5. The highest BCUT2D eigenvalue weighted by Crippen LogP contribution is 2.00. The Morgan fingerprint density at radius 2 is 2.23 bits per heavy atom. The Morgan fingerprint density at radius 3 is 2.69 bits per heavy atom. The van der Waals surface area contributed by atoms with E-state index in [0.717, 1.165) is 13.0 Å². The number of carbonyl (C=O) groups excluding carboxylic acids is 1. The van der Waals surface area contributed by atoms with Crippen molar-refractivity contribution < 1.29 is 9.53 Å². The summed E-state index contributed by atoms with van der Waals surface area (Å²) in [5.41, 5.74) is 5.43. The van der Waals surface area contributed by atoms with Crippen LogP contribution in [-0.4, -0.2) is 44.2 Å². The fourth-order valence-corrected chi connectivity index (χ4v) is 1.05. The average molecular weight is 188 g/mol. The number of ether oxygens (including phenoxy) is 1. The van der Waals surface area contributed by atoms with E-state index in [0.29, 0.717) is 19.0 Å². The van der Waals surface area contributed by atoms with E-state index < -0.39 is 0 Å². The maximum absolute atomic E-state index is 10.8. The van der Waals surface area contributed by atoms with Gasteiger partial charge in [0, 0.05) is 12.6 Å². The summed E-state index contributed by atoms with van der Waals surface area (Å²) in [6, 6.07) is 0.426. The molecule has 0 aromatic carbocycles. The lowest BCUT2D eigenvalue weighted by molar-refractivity contribution is -0.141. The Labute approximate surface area is 80.0 Å². The van der Waals surface area contributed by atoms with Gasteiger partial charge >= 0.3 is 5.97 Å². The van der Waals surface area contributed by atoms with Gasteiger partial charge in [0.1, 0.15) is 0 Å². The molecule has 0 aliphatic carbocycles. The molecule has 0 fully saturated rings. The van der Waals surface area contributed by atoms with E-state index in [-0.39, 0.29) is 5.97 Å². The number of hydrogen-bond acceptors (Lipinski definition) is 4. The molecule has 1 atom stereocenters. The van der Waals surface area contributed by atoms with Crippen molar-refractivity contribution in [1.29, 1.82) is 0 Å². The molecule has 2 N–H and O–H groups in total. The van der Waals surface area contributed by atoms with E-state index in [1.54, 1.807) is 0 Å². The van der Waals surface area contributed by atoms with E-state index in [2.05, 4.69) is 16.6 Å². The quantitative estimate of drug-likeness (QED) is 0.606. The lowest BCUT2D eigenvalue weighted by Gasteiger charge is -2.23. The second-order valence-electron chi connectivity index (χ2n) is 3.23. The molecule has 13 heavy (non-hydrogen) atoms. The number of hydrogen-bond donors (Lipinski definition) is 1. The summed E-state index contributed by atoms with van der Waals surface area (Å²) in [6.45, 7) is 3.52. The lowest BCUT2D eigenvalue weighted by Crippen LogP contribution is -2.32. The second kappa shape index (κ2) is 6.86. The maximum Gasteiger partial charge on any atom is 0.306 e. The minimum absolute atomic E-state index is 0.160. The van der Waals surface area contributed by atoms with Gasteiger partial charge in [-0.2, -0.15) is 0 Å². The van der Waals surface area contributed by atoms with Crippen LogP contribution in [0.2, 0.25) is 0 Å². The van der Waals surface area contributed by atoms with Gasteiger partial charge in [-0.3, -0.25) is 4.79 Å². The number of nitrogens with zero attached hydrogens (tertiary/aromatic N) is 1. The predicted octanol–water partition coefficient (Wildman–Crippen LogP) is 0.219. The third kappa shape index (κ3) is 5.60. The van der Waals surface area contributed by atoms with Crippen LogP contribution >= 0.6 is 0 Å². The van der Waals surface area contributed by atoms with Crippen LogP contribution in [-0.2, 0) is 9.53 Å². The molecular formula is C9H20N2O2. The molecule has 0 spiro atoms. The van der Waals surface area contributed by atoms with Crippen LogP contribution in [0.3, 0.4) is 0 Å². The van der Waals surface area contributed by atoms with Crippen LogP contribution in [0.25, 0.3) is 0 Å². The first-order chi connectivity index (χ1) is 6.11. The van der Waals surface area contributed by atoms with Crippen LogP contribution in [0.1, 0.15) is 19.8 Å². The number of methoxy groups -OCH3 is 1. The summed E-state index contributed by atoms with van der Waals surface area (Å²) >= 11 is 0. The van der Waals surface area contributed by atoms with Crippen molar-refractivity contribution >= 4 is 5.97 Å². The molecule has 4 heteroatoms. The first-order valence-electron chi connectivity index (χ1n) is 4.59. The standard InChI is InChI=1S/C9H20N2O2/c1-8(4-6-10)11(2)7-5-9(12)13-3/h8H,4-7,10H2,1-3H3. The van der Waals surface area contributed by atoms with Crippen molar-refractivity contribution in [3.63, 3.8) is 0 Å². The molecule has 78 valence electrons. The Morgan fingerprint density at radius 1 is 1.62 bits per heavy atom.